The third-order valence-electron chi connectivity index (χ3n) is 1.74. The van der Waals surface area contributed by atoms with Crippen LogP contribution in [0.2, 0.25) is 0 Å². The van der Waals surface area contributed by atoms with E-state index >= 15 is 0 Å². The Kier molecular flexibility index (Phi) is 6.47. The quantitative estimate of drug-likeness (QED) is 0.556. The molecule has 0 fully saturated rings. The second kappa shape index (κ2) is 7.84. The van der Waals surface area contributed by atoms with Crippen molar-refractivity contribution < 1.29 is 5.11 Å². The zero-order valence-corrected chi connectivity index (χ0v) is 9.02. The molecule has 1 heterocycles. The highest BCUT2D eigenvalue weighted by atomic mass is 32.2. The molecule has 80 valence electrons. The summed E-state index contributed by atoms with van der Waals surface area (Å²) in [5.41, 5.74) is 1.12. The van der Waals surface area contributed by atoms with E-state index in [1.807, 2.05) is 18.0 Å². The Bertz CT molecular complexity index is 216. The fourth-order valence-corrected chi connectivity index (χ4v) is 1.84. The predicted molar refractivity (Wildman–Crippen MR) is 59.3 cm³/mol. The monoisotopic (exact) mass is 215 g/mol. The minimum absolute atomic E-state index is 0.300. The Morgan fingerprint density at radius 3 is 3.14 bits per heavy atom. The standard InChI is InChI=1S/C9H17N3OS/c13-3-1-4-14-5-2-10-6-9-7-11-8-12-9/h7-8,10,13H,1-6H2,(H,11,12). The Hall–Kier alpha value is -0.520. The first-order valence-electron chi connectivity index (χ1n) is 4.80. The van der Waals surface area contributed by atoms with Crippen LogP contribution in [0.15, 0.2) is 12.5 Å². The van der Waals surface area contributed by atoms with Gasteiger partial charge in [0.25, 0.3) is 0 Å². The number of H-pyrrole nitrogens is 1. The highest BCUT2D eigenvalue weighted by Crippen LogP contribution is 2.00. The summed E-state index contributed by atoms with van der Waals surface area (Å²) < 4.78 is 0. The van der Waals surface area contributed by atoms with Gasteiger partial charge in [-0.25, -0.2) is 4.98 Å². The molecular weight excluding hydrogens is 198 g/mol. The lowest BCUT2D eigenvalue weighted by Crippen LogP contribution is -2.16. The normalized spacial score (nSPS) is 10.6. The number of aromatic nitrogens is 2. The molecule has 0 spiro atoms. The number of imidazole rings is 1. The van der Waals surface area contributed by atoms with Gasteiger partial charge in [0.15, 0.2) is 0 Å². The summed E-state index contributed by atoms with van der Waals surface area (Å²) in [7, 11) is 0. The van der Waals surface area contributed by atoms with Crippen LogP contribution in [0.5, 0.6) is 0 Å². The smallest absolute Gasteiger partial charge is 0.0922 e. The van der Waals surface area contributed by atoms with Gasteiger partial charge in [-0.05, 0) is 12.2 Å². The molecule has 0 aromatic carbocycles. The van der Waals surface area contributed by atoms with Gasteiger partial charge in [-0.1, -0.05) is 0 Å². The van der Waals surface area contributed by atoms with Crippen molar-refractivity contribution in [1.82, 2.24) is 15.3 Å². The molecule has 4 nitrogen and oxygen atoms in total. The molecule has 0 radical (unpaired) electrons. The van der Waals surface area contributed by atoms with Crippen LogP contribution in [0.1, 0.15) is 12.1 Å². The molecule has 0 unspecified atom stereocenters. The van der Waals surface area contributed by atoms with Crippen molar-refractivity contribution in [3.05, 3.63) is 18.2 Å². The topological polar surface area (TPSA) is 60.9 Å². The van der Waals surface area contributed by atoms with Crippen molar-refractivity contribution in [3.8, 4) is 0 Å². The Morgan fingerprint density at radius 1 is 1.50 bits per heavy atom. The highest BCUT2D eigenvalue weighted by molar-refractivity contribution is 7.99. The summed E-state index contributed by atoms with van der Waals surface area (Å²) in [6.07, 6.45) is 4.41. The number of nitrogens with one attached hydrogen (secondary N) is 2. The average molecular weight is 215 g/mol. The van der Waals surface area contributed by atoms with E-state index in [0.29, 0.717) is 6.61 Å². The van der Waals surface area contributed by atoms with Crippen molar-refractivity contribution in [2.45, 2.75) is 13.0 Å². The Balaban J connectivity index is 1.85. The maximum atomic E-state index is 8.55. The van der Waals surface area contributed by atoms with Gasteiger partial charge in [0.2, 0.25) is 0 Å². The minimum atomic E-state index is 0.300. The van der Waals surface area contributed by atoms with E-state index in [0.717, 1.165) is 36.7 Å². The molecule has 0 amide bonds. The van der Waals surface area contributed by atoms with Crippen molar-refractivity contribution in [1.29, 1.82) is 0 Å². The summed E-state index contributed by atoms with van der Waals surface area (Å²) in [6.45, 7) is 2.14. The summed E-state index contributed by atoms with van der Waals surface area (Å²) in [4.78, 5) is 6.97. The van der Waals surface area contributed by atoms with Crippen LogP contribution in [0.3, 0.4) is 0 Å². The molecule has 5 heteroatoms. The molecule has 0 saturated carbocycles. The van der Waals surface area contributed by atoms with E-state index in [4.69, 9.17) is 5.11 Å². The summed E-state index contributed by atoms with van der Waals surface area (Å²) in [5, 5.41) is 11.9. The molecule has 0 atom stereocenters. The van der Waals surface area contributed by atoms with E-state index in [2.05, 4.69) is 15.3 Å². The van der Waals surface area contributed by atoms with Gasteiger partial charge in [-0.3, -0.25) is 0 Å². The molecule has 3 N–H and O–H groups in total. The molecule has 0 aliphatic carbocycles. The first kappa shape index (κ1) is 11.6. The summed E-state index contributed by atoms with van der Waals surface area (Å²) >= 11 is 1.87. The number of aliphatic hydroxyl groups excluding tert-OH is 1. The van der Waals surface area contributed by atoms with Crippen LogP contribution < -0.4 is 5.32 Å². The third-order valence-corrected chi connectivity index (χ3v) is 2.81. The maximum Gasteiger partial charge on any atom is 0.0922 e. The van der Waals surface area contributed by atoms with E-state index in [1.165, 1.54) is 0 Å². The van der Waals surface area contributed by atoms with Gasteiger partial charge < -0.3 is 15.4 Å². The lowest BCUT2D eigenvalue weighted by Gasteiger charge is -2.02. The van der Waals surface area contributed by atoms with Crippen molar-refractivity contribution in [2.75, 3.05) is 24.7 Å². The van der Waals surface area contributed by atoms with Gasteiger partial charge in [0.05, 0.1) is 6.33 Å². The van der Waals surface area contributed by atoms with Crippen molar-refractivity contribution in [3.63, 3.8) is 0 Å². The molecule has 0 aliphatic heterocycles. The van der Waals surface area contributed by atoms with E-state index in [-0.39, 0.29) is 0 Å². The largest absolute Gasteiger partial charge is 0.396 e. The third kappa shape index (κ3) is 5.26. The SMILES string of the molecule is OCCCSCCNCc1cnc[nH]1. The number of hydrogen-bond donors (Lipinski definition) is 3. The highest BCUT2D eigenvalue weighted by Gasteiger charge is 1.92. The first-order chi connectivity index (χ1) is 6.93. The second-order valence-electron chi connectivity index (χ2n) is 2.94. The fraction of sp³-hybridized carbons (Fsp3) is 0.667. The van der Waals surface area contributed by atoms with Crippen LogP contribution in [-0.4, -0.2) is 39.7 Å². The van der Waals surface area contributed by atoms with E-state index < -0.39 is 0 Å². The number of thioether (sulfide) groups is 1. The molecule has 0 saturated heterocycles. The Labute approximate surface area is 88.5 Å². The van der Waals surface area contributed by atoms with Crippen LogP contribution in [0.25, 0.3) is 0 Å². The molecule has 0 bridgehead atoms. The fourth-order valence-electron chi connectivity index (χ4n) is 1.02. The summed E-state index contributed by atoms with van der Waals surface area (Å²) in [5.74, 6) is 2.14. The molecule has 0 aliphatic rings. The van der Waals surface area contributed by atoms with Crippen molar-refractivity contribution in [2.24, 2.45) is 0 Å². The molecule has 1 aromatic heterocycles. The summed E-state index contributed by atoms with van der Waals surface area (Å²) in [6, 6.07) is 0. The van der Waals surface area contributed by atoms with Crippen molar-refractivity contribution >= 4 is 11.8 Å². The van der Waals surface area contributed by atoms with Gasteiger partial charge in [-0.15, -0.1) is 0 Å². The number of rotatable bonds is 8. The van der Waals surface area contributed by atoms with E-state index in [9.17, 15) is 0 Å². The number of aliphatic hydroxyl groups is 1. The first-order valence-corrected chi connectivity index (χ1v) is 5.95. The second-order valence-corrected chi connectivity index (χ2v) is 4.17. The number of aromatic amines is 1. The zero-order chi connectivity index (χ0) is 10.1. The minimum Gasteiger partial charge on any atom is -0.396 e. The van der Waals surface area contributed by atoms with Crippen LogP contribution in [0, 0.1) is 0 Å². The average Bonchev–Trinajstić information content (AvgIpc) is 2.69. The molecule has 14 heavy (non-hydrogen) atoms. The lowest BCUT2D eigenvalue weighted by molar-refractivity contribution is 0.296. The number of nitrogens with zero attached hydrogens (tertiary/aromatic N) is 1. The van der Waals surface area contributed by atoms with Crippen LogP contribution in [-0.2, 0) is 6.54 Å². The Morgan fingerprint density at radius 2 is 2.43 bits per heavy atom. The number of hydrogen-bond acceptors (Lipinski definition) is 4. The van der Waals surface area contributed by atoms with Gasteiger partial charge in [-0.2, -0.15) is 11.8 Å². The molecule has 1 rings (SSSR count). The zero-order valence-electron chi connectivity index (χ0n) is 8.20. The van der Waals surface area contributed by atoms with Gasteiger partial charge in [0.1, 0.15) is 0 Å². The lowest BCUT2D eigenvalue weighted by atomic mass is 10.5. The molecular formula is C9H17N3OS. The molecule has 1 aromatic rings. The van der Waals surface area contributed by atoms with Gasteiger partial charge in [0, 0.05) is 37.3 Å². The maximum absolute atomic E-state index is 8.55. The van der Waals surface area contributed by atoms with E-state index in [1.54, 1.807) is 6.33 Å². The van der Waals surface area contributed by atoms with Crippen LogP contribution in [0.4, 0.5) is 0 Å². The van der Waals surface area contributed by atoms with Gasteiger partial charge >= 0.3 is 0 Å². The predicted octanol–water partition coefficient (Wildman–Crippen LogP) is 0.615. The van der Waals surface area contributed by atoms with Crippen LogP contribution >= 0.6 is 11.8 Å².